The number of pyridine rings is 2. The van der Waals surface area contributed by atoms with Crippen LogP contribution in [0.25, 0.3) is 55.2 Å². The first-order valence-corrected chi connectivity index (χ1v) is 14.3. The van der Waals surface area contributed by atoms with Crippen molar-refractivity contribution in [2.75, 3.05) is 18.4 Å². The molecule has 0 bridgehead atoms. The number of hydrogen-bond donors (Lipinski definition) is 4. The average molecular weight is 549 g/mol. The quantitative estimate of drug-likeness (QED) is 0.205. The van der Waals surface area contributed by atoms with Gasteiger partial charge < -0.3 is 15.6 Å². The van der Waals surface area contributed by atoms with E-state index >= 15 is 0 Å². The predicted molar refractivity (Wildman–Crippen MR) is 159 cm³/mol. The molecule has 1 saturated heterocycles. The fraction of sp³-hybridized carbons (Fsp3) is 0.233. The minimum atomic E-state index is 0.0369. The van der Waals surface area contributed by atoms with Crippen molar-refractivity contribution < 1.29 is 4.79 Å². The van der Waals surface area contributed by atoms with E-state index in [1.807, 2.05) is 30.5 Å². The molecule has 1 aliphatic heterocycles. The molecule has 0 aliphatic carbocycles. The zero-order valence-corrected chi connectivity index (χ0v) is 22.8. The average Bonchev–Trinajstić information content (AvgIpc) is 3.71. The molecule has 0 radical (unpaired) electrons. The maximum Gasteiger partial charge on any atom is 0.224 e. The number of nitrogens with one attached hydrogen (secondary N) is 4. The lowest BCUT2D eigenvalue weighted by Gasteiger charge is -2.21. The molecule has 10 heteroatoms. The van der Waals surface area contributed by atoms with E-state index in [1.54, 1.807) is 23.7 Å². The number of thiophene rings is 1. The SMILES string of the molecule is Cc1ccc(-c2nccc3[nH]c(-c4n[nH]c5ccc(-c6cncc(NC(=O)CC7CCNCC7)c6)cc45)nc23)s1. The summed E-state index contributed by atoms with van der Waals surface area (Å²) in [7, 11) is 0. The van der Waals surface area contributed by atoms with Crippen molar-refractivity contribution >= 4 is 44.9 Å². The standard InChI is InChI=1S/C30H28N8OS/c1-17-2-5-25(40-17)29-28-24(8-11-33-29)35-30(36-28)27-22-14-19(3-4-23(22)37-38-27)20-13-21(16-32-15-20)34-26(39)12-18-6-9-31-10-7-18/h2-5,8,11,13-16,18,31H,6-7,9-10,12H2,1H3,(H,34,39)(H,35,36)(H,37,38). The van der Waals surface area contributed by atoms with Gasteiger partial charge in [-0.25, -0.2) is 4.98 Å². The number of aryl methyl sites for hydroxylation is 1. The molecule has 9 nitrogen and oxygen atoms in total. The first kappa shape index (κ1) is 24.6. The molecule has 5 aromatic heterocycles. The number of nitrogens with zero attached hydrogens (tertiary/aromatic N) is 4. The number of carbonyl (C=O) groups is 1. The highest BCUT2D eigenvalue weighted by molar-refractivity contribution is 7.15. The van der Waals surface area contributed by atoms with Crippen molar-refractivity contribution in [3.63, 3.8) is 0 Å². The molecule has 1 aromatic carbocycles. The molecule has 1 amide bonds. The third kappa shape index (κ3) is 4.76. The van der Waals surface area contributed by atoms with Gasteiger partial charge in [-0.15, -0.1) is 11.3 Å². The lowest BCUT2D eigenvalue weighted by molar-refractivity contribution is -0.117. The fourth-order valence-corrected chi connectivity index (χ4v) is 6.25. The number of hydrogen-bond acceptors (Lipinski definition) is 7. The fourth-order valence-electron chi connectivity index (χ4n) is 5.39. The van der Waals surface area contributed by atoms with Gasteiger partial charge in [0.25, 0.3) is 0 Å². The molecule has 0 atom stereocenters. The Hall–Kier alpha value is -4.41. The molecule has 0 saturated carbocycles. The monoisotopic (exact) mass is 548 g/mol. The van der Waals surface area contributed by atoms with Crippen LogP contribution in [0.1, 0.15) is 24.1 Å². The zero-order valence-electron chi connectivity index (χ0n) is 22.0. The van der Waals surface area contributed by atoms with Gasteiger partial charge in [-0.2, -0.15) is 5.10 Å². The van der Waals surface area contributed by atoms with E-state index in [1.165, 1.54) is 4.88 Å². The summed E-state index contributed by atoms with van der Waals surface area (Å²) in [5.41, 5.74) is 6.84. The minimum Gasteiger partial charge on any atom is -0.336 e. The molecule has 40 heavy (non-hydrogen) atoms. The number of imidazole rings is 1. The number of carbonyl (C=O) groups excluding carboxylic acids is 1. The molecule has 4 N–H and O–H groups in total. The molecule has 0 unspecified atom stereocenters. The summed E-state index contributed by atoms with van der Waals surface area (Å²) < 4.78 is 0. The normalized spacial score (nSPS) is 14.2. The van der Waals surface area contributed by atoms with Gasteiger partial charge in [-0.3, -0.25) is 19.9 Å². The summed E-state index contributed by atoms with van der Waals surface area (Å²) in [6.45, 7) is 4.05. The van der Waals surface area contributed by atoms with Crippen molar-refractivity contribution in [3.8, 4) is 33.2 Å². The number of benzene rings is 1. The van der Waals surface area contributed by atoms with E-state index in [0.29, 0.717) is 23.9 Å². The number of anilines is 1. The number of piperidine rings is 1. The second-order valence-electron chi connectivity index (χ2n) is 10.3. The maximum absolute atomic E-state index is 12.7. The molecule has 1 fully saturated rings. The highest BCUT2D eigenvalue weighted by Crippen LogP contribution is 2.34. The van der Waals surface area contributed by atoms with Gasteiger partial charge in [0.2, 0.25) is 5.91 Å². The topological polar surface area (TPSA) is 124 Å². The molecule has 6 aromatic rings. The summed E-state index contributed by atoms with van der Waals surface area (Å²) in [6.07, 6.45) is 7.93. The minimum absolute atomic E-state index is 0.0369. The van der Waals surface area contributed by atoms with E-state index in [-0.39, 0.29) is 5.91 Å². The second-order valence-corrected chi connectivity index (χ2v) is 11.6. The molecular formula is C30H28N8OS. The van der Waals surface area contributed by atoms with Gasteiger partial charge in [0.05, 0.1) is 27.8 Å². The van der Waals surface area contributed by atoms with Crippen LogP contribution < -0.4 is 10.6 Å². The van der Waals surface area contributed by atoms with Crippen molar-refractivity contribution in [2.24, 2.45) is 5.92 Å². The summed E-state index contributed by atoms with van der Waals surface area (Å²) in [4.78, 5) is 32.4. The van der Waals surface area contributed by atoms with Gasteiger partial charge >= 0.3 is 0 Å². The van der Waals surface area contributed by atoms with Crippen LogP contribution in [0, 0.1) is 12.8 Å². The first-order chi connectivity index (χ1) is 19.6. The lowest BCUT2D eigenvalue weighted by atomic mass is 9.94. The van der Waals surface area contributed by atoms with Crippen LogP contribution in [0.2, 0.25) is 0 Å². The van der Waals surface area contributed by atoms with Gasteiger partial charge in [-0.1, -0.05) is 6.07 Å². The molecule has 200 valence electrons. The summed E-state index contributed by atoms with van der Waals surface area (Å²) in [5, 5.41) is 15.1. The lowest BCUT2D eigenvalue weighted by Crippen LogP contribution is -2.30. The Morgan fingerprint density at radius 3 is 2.77 bits per heavy atom. The summed E-state index contributed by atoms with van der Waals surface area (Å²) >= 11 is 1.70. The first-order valence-electron chi connectivity index (χ1n) is 13.5. The smallest absolute Gasteiger partial charge is 0.224 e. The largest absolute Gasteiger partial charge is 0.336 e. The highest BCUT2D eigenvalue weighted by Gasteiger charge is 2.19. The summed E-state index contributed by atoms with van der Waals surface area (Å²) in [6, 6.07) is 14.2. The van der Waals surface area contributed by atoms with E-state index < -0.39 is 0 Å². The Labute approximate surface area is 234 Å². The van der Waals surface area contributed by atoms with E-state index in [0.717, 1.165) is 75.3 Å². The molecular weight excluding hydrogens is 520 g/mol. The zero-order chi connectivity index (χ0) is 27.1. The van der Waals surface area contributed by atoms with Crippen LogP contribution in [-0.4, -0.2) is 49.1 Å². The number of amides is 1. The van der Waals surface area contributed by atoms with E-state index in [9.17, 15) is 4.79 Å². The Balaban J connectivity index is 1.19. The predicted octanol–water partition coefficient (Wildman–Crippen LogP) is 5.93. The maximum atomic E-state index is 12.7. The number of aromatic amines is 2. The van der Waals surface area contributed by atoms with Crippen LogP contribution in [0.3, 0.4) is 0 Å². The summed E-state index contributed by atoms with van der Waals surface area (Å²) in [5.74, 6) is 1.15. The van der Waals surface area contributed by atoms with Gasteiger partial charge in [0.15, 0.2) is 5.82 Å². The Morgan fingerprint density at radius 1 is 1.02 bits per heavy atom. The van der Waals surface area contributed by atoms with E-state index in [2.05, 4.69) is 60.9 Å². The number of H-pyrrole nitrogens is 2. The number of fused-ring (bicyclic) bond motifs is 2. The van der Waals surface area contributed by atoms with Crippen LogP contribution in [0.4, 0.5) is 5.69 Å². The van der Waals surface area contributed by atoms with Crippen molar-refractivity contribution in [2.45, 2.75) is 26.2 Å². The Bertz CT molecular complexity index is 1850. The highest BCUT2D eigenvalue weighted by atomic mass is 32.1. The number of rotatable bonds is 6. The van der Waals surface area contributed by atoms with Crippen molar-refractivity contribution in [1.29, 1.82) is 0 Å². The molecule has 1 aliphatic rings. The van der Waals surface area contributed by atoms with Gasteiger partial charge in [-0.05, 0) is 80.7 Å². The second kappa shape index (κ2) is 10.3. The van der Waals surface area contributed by atoms with Crippen LogP contribution in [0.5, 0.6) is 0 Å². The molecule has 0 spiro atoms. The van der Waals surface area contributed by atoms with E-state index in [4.69, 9.17) is 4.98 Å². The van der Waals surface area contributed by atoms with Crippen LogP contribution in [-0.2, 0) is 4.79 Å². The van der Waals surface area contributed by atoms with Gasteiger partial charge in [0.1, 0.15) is 16.9 Å². The molecule has 6 heterocycles. The van der Waals surface area contributed by atoms with Crippen LogP contribution in [0.15, 0.2) is 61.1 Å². The Kier molecular flexibility index (Phi) is 6.33. The van der Waals surface area contributed by atoms with Crippen molar-refractivity contribution in [1.82, 2.24) is 35.5 Å². The molecule has 7 rings (SSSR count). The van der Waals surface area contributed by atoms with Gasteiger partial charge in [0, 0.05) is 34.6 Å². The third-order valence-electron chi connectivity index (χ3n) is 7.45. The number of aromatic nitrogens is 6. The van der Waals surface area contributed by atoms with Crippen molar-refractivity contribution in [3.05, 3.63) is 65.9 Å². The van der Waals surface area contributed by atoms with Crippen LogP contribution >= 0.6 is 11.3 Å². The third-order valence-corrected chi connectivity index (χ3v) is 8.46. The Morgan fingerprint density at radius 2 is 1.93 bits per heavy atom.